The number of hydrogen-bond donors (Lipinski definition) is 0. The third-order valence-electron chi connectivity index (χ3n) is 3.75. The van der Waals surface area contributed by atoms with Gasteiger partial charge in [0.2, 0.25) is 0 Å². The smallest absolute Gasteiger partial charge is 0.248 e. The van der Waals surface area contributed by atoms with Gasteiger partial charge in [0.25, 0.3) is 10.0 Å². The zero-order chi connectivity index (χ0) is 18.4. The Hall–Kier alpha value is -3.10. The minimum atomic E-state index is -3.75. The maximum atomic E-state index is 13.1. The minimum absolute atomic E-state index is 0.164. The summed E-state index contributed by atoms with van der Waals surface area (Å²) in [6.07, 6.45) is 1.63. The normalized spacial score (nSPS) is 10.7. The van der Waals surface area contributed by atoms with Crippen molar-refractivity contribution in [3.8, 4) is 12.0 Å². The SMILES string of the molecule is Cc1ccc(S(=O)(=O)N(C#Cc2ccccn2)Cc2ccccc2)cc1. The fourth-order valence-electron chi connectivity index (χ4n) is 2.33. The number of benzene rings is 2. The van der Waals surface area contributed by atoms with E-state index in [1.54, 1.807) is 42.6 Å². The Balaban J connectivity index is 1.99. The lowest BCUT2D eigenvalue weighted by atomic mass is 10.2. The summed E-state index contributed by atoms with van der Waals surface area (Å²) in [6.45, 7) is 2.08. The molecule has 0 unspecified atom stereocenters. The van der Waals surface area contributed by atoms with Crippen LogP contribution in [0.3, 0.4) is 0 Å². The van der Waals surface area contributed by atoms with Gasteiger partial charge >= 0.3 is 0 Å². The molecule has 1 aromatic heterocycles. The van der Waals surface area contributed by atoms with Crippen LogP contribution < -0.4 is 0 Å². The van der Waals surface area contributed by atoms with Gasteiger partial charge in [-0.3, -0.25) is 0 Å². The monoisotopic (exact) mass is 362 g/mol. The minimum Gasteiger partial charge on any atom is -0.248 e. The summed E-state index contributed by atoms with van der Waals surface area (Å²) in [6, 6.07) is 24.3. The molecule has 0 N–H and O–H groups in total. The van der Waals surface area contributed by atoms with E-state index in [1.807, 2.05) is 43.3 Å². The molecule has 5 heteroatoms. The van der Waals surface area contributed by atoms with Crippen LogP contribution in [0.4, 0.5) is 0 Å². The molecular formula is C21H18N2O2S. The second-order valence-corrected chi connectivity index (χ2v) is 7.62. The first-order chi connectivity index (χ1) is 12.6. The van der Waals surface area contributed by atoms with Gasteiger partial charge in [0, 0.05) is 12.2 Å². The molecule has 0 saturated heterocycles. The quantitative estimate of drug-likeness (QED) is 0.526. The molecule has 2 aromatic carbocycles. The zero-order valence-corrected chi connectivity index (χ0v) is 15.1. The number of nitrogens with zero attached hydrogens (tertiary/aromatic N) is 2. The predicted molar refractivity (Wildman–Crippen MR) is 101 cm³/mol. The summed E-state index contributed by atoms with van der Waals surface area (Å²) >= 11 is 0. The molecule has 0 atom stereocenters. The lowest BCUT2D eigenvalue weighted by molar-refractivity contribution is 0.508. The van der Waals surface area contributed by atoms with Gasteiger partial charge in [-0.15, -0.1) is 0 Å². The molecule has 0 spiro atoms. The highest BCUT2D eigenvalue weighted by atomic mass is 32.2. The second-order valence-electron chi connectivity index (χ2n) is 5.76. The molecule has 0 aliphatic heterocycles. The molecule has 4 nitrogen and oxygen atoms in total. The summed E-state index contributed by atoms with van der Waals surface area (Å²) in [5.74, 6) is 2.84. The number of sulfonamides is 1. The van der Waals surface area contributed by atoms with Gasteiger partial charge < -0.3 is 0 Å². The molecule has 130 valence electrons. The third kappa shape index (κ3) is 4.29. The van der Waals surface area contributed by atoms with Crippen molar-refractivity contribution in [2.24, 2.45) is 0 Å². The molecule has 0 bridgehead atoms. The molecular weight excluding hydrogens is 344 g/mol. The molecule has 1 heterocycles. The summed E-state index contributed by atoms with van der Waals surface area (Å²) in [5.41, 5.74) is 2.38. The van der Waals surface area contributed by atoms with E-state index in [1.165, 1.54) is 4.31 Å². The first-order valence-electron chi connectivity index (χ1n) is 8.12. The van der Waals surface area contributed by atoms with E-state index in [2.05, 4.69) is 16.9 Å². The van der Waals surface area contributed by atoms with Gasteiger partial charge in [0.1, 0.15) is 5.69 Å². The number of aryl methyl sites for hydroxylation is 1. The van der Waals surface area contributed by atoms with Crippen LogP contribution in [0.15, 0.2) is 83.9 Å². The van der Waals surface area contributed by atoms with Crippen molar-refractivity contribution in [1.29, 1.82) is 0 Å². The van der Waals surface area contributed by atoms with Crippen molar-refractivity contribution in [1.82, 2.24) is 9.29 Å². The summed E-state index contributed by atoms with van der Waals surface area (Å²) in [4.78, 5) is 4.35. The Labute approximate surface area is 154 Å². The number of pyridine rings is 1. The van der Waals surface area contributed by atoms with Crippen LogP contribution in [-0.4, -0.2) is 17.7 Å². The molecule has 0 aliphatic carbocycles. The zero-order valence-electron chi connectivity index (χ0n) is 14.3. The van der Waals surface area contributed by atoms with Crippen molar-refractivity contribution >= 4 is 10.0 Å². The van der Waals surface area contributed by atoms with Gasteiger partial charge in [-0.1, -0.05) is 54.1 Å². The van der Waals surface area contributed by atoms with Crippen LogP contribution in [0.5, 0.6) is 0 Å². The molecule has 0 radical (unpaired) electrons. The van der Waals surface area contributed by atoms with Gasteiger partial charge in [0.05, 0.1) is 11.4 Å². The van der Waals surface area contributed by atoms with E-state index < -0.39 is 10.0 Å². The fourth-order valence-corrected chi connectivity index (χ4v) is 3.55. The molecule has 0 fully saturated rings. The second kappa shape index (κ2) is 7.85. The lowest BCUT2D eigenvalue weighted by Crippen LogP contribution is -2.26. The van der Waals surface area contributed by atoms with Crippen LogP contribution in [0.1, 0.15) is 16.8 Å². The van der Waals surface area contributed by atoms with Crippen molar-refractivity contribution in [3.63, 3.8) is 0 Å². The Morgan fingerprint density at radius 3 is 2.27 bits per heavy atom. The van der Waals surface area contributed by atoms with Gasteiger partial charge in [0.15, 0.2) is 0 Å². The Kier molecular flexibility index (Phi) is 5.35. The molecule has 3 rings (SSSR count). The standard InChI is InChI=1S/C21H18N2O2S/c1-18-10-12-21(13-11-18)26(24,25)23(17-19-7-3-2-4-8-19)16-14-20-9-5-6-15-22-20/h2-13,15H,17H2,1H3. The Morgan fingerprint density at radius 1 is 0.923 bits per heavy atom. The Bertz CT molecular complexity index is 1020. The van der Waals surface area contributed by atoms with Gasteiger partial charge in [-0.05, 0) is 42.7 Å². The summed E-state index contributed by atoms with van der Waals surface area (Å²) in [5, 5.41) is 0. The molecule has 0 saturated carbocycles. The van der Waals surface area contributed by atoms with Gasteiger partial charge in [-0.25, -0.2) is 17.7 Å². The molecule has 0 amide bonds. The Morgan fingerprint density at radius 2 is 1.62 bits per heavy atom. The van der Waals surface area contributed by atoms with E-state index in [4.69, 9.17) is 0 Å². The maximum absolute atomic E-state index is 13.1. The van der Waals surface area contributed by atoms with Gasteiger partial charge in [-0.2, -0.15) is 0 Å². The van der Waals surface area contributed by atoms with Crippen molar-refractivity contribution in [3.05, 3.63) is 95.8 Å². The van der Waals surface area contributed by atoms with E-state index in [9.17, 15) is 8.42 Å². The predicted octanol–water partition coefficient (Wildman–Crippen LogP) is 3.59. The first kappa shape index (κ1) is 17.7. The number of rotatable bonds is 4. The van der Waals surface area contributed by atoms with Crippen LogP contribution in [0.25, 0.3) is 0 Å². The highest BCUT2D eigenvalue weighted by Gasteiger charge is 2.22. The van der Waals surface area contributed by atoms with Crippen molar-refractivity contribution in [2.45, 2.75) is 18.4 Å². The topological polar surface area (TPSA) is 50.3 Å². The van der Waals surface area contributed by atoms with Crippen LogP contribution in [0.2, 0.25) is 0 Å². The van der Waals surface area contributed by atoms with E-state index in [-0.39, 0.29) is 11.4 Å². The molecule has 3 aromatic rings. The lowest BCUT2D eigenvalue weighted by Gasteiger charge is -2.18. The summed E-state index contributed by atoms with van der Waals surface area (Å²) < 4.78 is 27.3. The van der Waals surface area contributed by atoms with Crippen LogP contribution >= 0.6 is 0 Å². The van der Waals surface area contributed by atoms with Crippen molar-refractivity contribution in [2.75, 3.05) is 0 Å². The highest BCUT2D eigenvalue weighted by Crippen LogP contribution is 2.18. The number of hydrogen-bond acceptors (Lipinski definition) is 3. The maximum Gasteiger partial charge on any atom is 0.271 e. The molecule has 26 heavy (non-hydrogen) atoms. The first-order valence-corrected chi connectivity index (χ1v) is 9.56. The van der Waals surface area contributed by atoms with E-state index >= 15 is 0 Å². The fraction of sp³-hybridized carbons (Fsp3) is 0.0952. The van der Waals surface area contributed by atoms with Crippen LogP contribution in [0, 0.1) is 18.9 Å². The number of aromatic nitrogens is 1. The largest absolute Gasteiger partial charge is 0.271 e. The van der Waals surface area contributed by atoms with E-state index in [0.29, 0.717) is 5.69 Å². The summed E-state index contributed by atoms with van der Waals surface area (Å²) in [7, 11) is -3.75. The molecule has 0 aliphatic rings. The highest BCUT2D eigenvalue weighted by molar-refractivity contribution is 7.89. The van der Waals surface area contributed by atoms with E-state index in [0.717, 1.165) is 11.1 Å². The average molecular weight is 362 g/mol. The third-order valence-corrected chi connectivity index (χ3v) is 5.42. The average Bonchev–Trinajstić information content (AvgIpc) is 2.67. The van der Waals surface area contributed by atoms with Crippen molar-refractivity contribution < 1.29 is 8.42 Å². The van der Waals surface area contributed by atoms with Crippen LogP contribution in [-0.2, 0) is 16.6 Å².